The Kier molecular flexibility index (Phi) is 3.64. The monoisotopic (exact) mass is 389 g/mol. The molecule has 0 atom stereocenters. The Morgan fingerprint density at radius 2 is 1.67 bits per heavy atom. The van der Waals surface area contributed by atoms with Crippen LogP contribution in [0, 0.1) is 0 Å². The zero-order valence-corrected chi connectivity index (χ0v) is 15.7. The van der Waals surface area contributed by atoms with E-state index >= 15 is 0 Å². The first kappa shape index (κ1) is 16.6. The standard InChI is InChI=1S/C23H15N7/c1-2-15(13-25-8-1)17-3-4-19-22(28-17)23(30-29-19)20-12-16-18(27-20)7-11-26-21(16)14-5-9-24-10-6-14/h1-13,27H,(H,29,30). The smallest absolute Gasteiger partial charge is 0.135 e. The lowest BCUT2D eigenvalue weighted by Gasteiger charge is -2.01. The van der Waals surface area contributed by atoms with Gasteiger partial charge in [0.2, 0.25) is 0 Å². The van der Waals surface area contributed by atoms with Gasteiger partial charge in [-0.2, -0.15) is 5.10 Å². The molecule has 0 amide bonds. The summed E-state index contributed by atoms with van der Waals surface area (Å²) in [6, 6.07) is 15.8. The molecule has 0 saturated carbocycles. The molecule has 0 aliphatic rings. The van der Waals surface area contributed by atoms with E-state index in [-0.39, 0.29) is 0 Å². The third kappa shape index (κ3) is 2.64. The highest BCUT2D eigenvalue weighted by molar-refractivity contribution is 5.99. The number of fused-ring (bicyclic) bond motifs is 2. The number of rotatable bonds is 3. The van der Waals surface area contributed by atoms with Crippen molar-refractivity contribution in [3.05, 3.63) is 79.5 Å². The van der Waals surface area contributed by atoms with Crippen molar-refractivity contribution in [2.75, 3.05) is 0 Å². The molecule has 0 aliphatic heterocycles. The molecule has 30 heavy (non-hydrogen) atoms. The quantitative estimate of drug-likeness (QED) is 0.460. The Morgan fingerprint density at radius 1 is 0.733 bits per heavy atom. The van der Waals surface area contributed by atoms with Crippen molar-refractivity contribution in [3.8, 4) is 33.9 Å². The lowest BCUT2D eigenvalue weighted by Crippen LogP contribution is -1.86. The topological polar surface area (TPSA) is 96.0 Å². The molecule has 0 radical (unpaired) electrons. The van der Waals surface area contributed by atoms with Crippen LogP contribution in [0.15, 0.2) is 79.5 Å². The molecule has 0 aliphatic carbocycles. The van der Waals surface area contributed by atoms with Crippen molar-refractivity contribution < 1.29 is 0 Å². The molecule has 6 aromatic rings. The Hall–Kier alpha value is -4.39. The van der Waals surface area contributed by atoms with E-state index in [0.29, 0.717) is 0 Å². The molecule has 7 nitrogen and oxygen atoms in total. The summed E-state index contributed by atoms with van der Waals surface area (Å²) < 4.78 is 0. The predicted octanol–water partition coefficient (Wildman–Crippen LogP) is 4.63. The summed E-state index contributed by atoms with van der Waals surface area (Å²) in [4.78, 5) is 21.2. The summed E-state index contributed by atoms with van der Waals surface area (Å²) in [6.45, 7) is 0. The Bertz CT molecular complexity index is 1480. The van der Waals surface area contributed by atoms with E-state index in [1.807, 2.05) is 48.7 Å². The molecule has 0 fully saturated rings. The molecule has 0 bridgehead atoms. The number of aromatic amines is 2. The van der Waals surface area contributed by atoms with E-state index in [1.54, 1.807) is 24.8 Å². The first-order chi connectivity index (χ1) is 14.9. The van der Waals surface area contributed by atoms with Crippen LogP contribution < -0.4 is 0 Å². The first-order valence-electron chi connectivity index (χ1n) is 9.51. The largest absolute Gasteiger partial charge is 0.353 e. The molecule has 0 unspecified atom stereocenters. The minimum Gasteiger partial charge on any atom is -0.353 e. The fraction of sp³-hybridized carbons (Fsp3) is 0. The van der Waals surface area contributed by atoms with Crippen molar-refractivity contribution in [1.82, 2.24) is 35.1 Å². The number of pyridine rings is 4. The van der Waals surface area contributed by atoms with Gasteiger partial charge in [0.15, 0.2) is 0 Å². The van der Waals surface area contributed by atoms with Crippen molar-refractivity contribution in [3.63, 3.8) is 0 Å². The second-order valence-electron chi connectivity index (χ2n) is 6.95. The normalized spacial score (nSPS) is 11.3. The fourth-order valence-corrected chi connectivity index (χ4v) is 3.68. The Morgan fingerprint density at radius 3 is 2.53 bits per heavy atom. The van der Waals surface area contributed by atoms with Crippen molar-refractivity contribution >= 4 is 21.9 Å². The number of nitrogens with one attached hydrogen (secondary N) is 2. The van der Waals surface area contributed by atoms with Gasteiger partial charge in [-0.1, -0.05) is 0 Å². The molecule has 6 rings (SSSR count). The summed E-state index contributed by atoms with van der Waals surface area (Å²) in [5, 5.41) is 8.64. The summed E-state index contributed by atoms with van der Waals surface area (Å²) in [5.74, 6) is 0. The molecule has 0 spiro atoms. The minimum absolute atomic E-state index is 0.771. The number of H-pyrrole nitrogens is 2. The van der Waals surface area contributed by atoms with Crippen LogP contribution in [0.2, 0.25) is 0 Å². The average Bonchev–Trinajstić information content (AvgIpc) is 3.43. The molecule has 2 N–H and O–H groups in total. The van der Waals surface area contributed by atoms with Gasteiger partial charge < -0.3 is 4.98 Å². The van der Waals surface area contributed by atoms with Gasteiger partial charge in [-0.3, -0.25) is 20.1 Å². The molecule has 0 saturated heterocycles. The second-order valence-corrected chi connectivity index (χ2v) is 6.95. The van der Waals surface area contributed by atoms with Crippen LogP contribution in [0.3, 0.4) is 0 Å². The molecule has 0 aromatic carbocycles. The van der Waals surface area contributed by atoms with E-state index in [2.05, 4.69) is 36.2 Å². The van der Waals surface area contributed by atoms with Gasteiger partial charge in [0.1, 0.15) is 11.2 Å². The molecule has 7 heteroatoms. The first-order valence-corrected chi connectivity index (χ1v) is 9.51. The van der Waals surface area contributed by atoms with Crippen LogP contribution in [0.5, 0.6) is 0 Å². The summed E-state index contributed by atoms with van der Waals surface area (Å²) >= 11 is 0. The Labute approximate surface area is 170 Å². The SMILES string of the molecule is c1cncc(-c2ccc3[nH]nc(-c4cc5c(-c6ccncc6)nccc5[nH]4)c3n2)c1. The number of hydrogen-bond donors (Lipinski definition) is 2. The lowest BCUT2D eigenvalue weighted by molar-refractivity contribution is 1.12. The highest BCUT2D eigenvalue weighted by atomic mass is 15.1. The minimum atomic E-state index is 0.771. The summed E-state index contributed by atoms with van der Waals surface area (Å²) in [5.41, 5.74) is 8.08. The second kappa shape index (κ2) is 6.59. The zero-order chi connectivity index (χ0) is 19.9. The molecule has 142 valence electrons. The van der Waals surface area contributed by atoms with E-state index in [4.69, 9.17) is 4.98 Å². The highest BCUT2D eigenvalue weighted by Gasteiger charge is 2.15. The lowest BCUT2D eigenvalue weighted by atomic mass is 10.1. The average molecular weight is 389 g/mol. The van der Waals surface area contributed by atoms with E-state index in [1.165, 1.54) is 0 Å². The van der Waals surface area contributed by atoms with Gasteiger partial charge in [0.05, 0.1) is 22.6 Å². The number of aromatic nitrogens is 7. The van der Waals surface area contributed by atoms with Crippen molar-refractivity contribution in [2.45, 2.75) is 0 Å². The fourth-order valence-electron chi connectivity index (χ4n) is 3.68. The predicted molar refractivity (Wildman–Crippen MR) is 115 cm³/mol. The van der Waals surface area contributed by atoms with E-state index < -0.39 is 0 Å². The van der Waals surface area contributed by atoms with Gasteiger partial charge in [-0.15, -0.1) is 0 Å². The van der Waals surface area contributed by atoms with E-state index in [9.17, 15) is 0 Å². The van der Waals surface area contributed by atoms with Crippen LogP contribution in [-0.4, -0.2) is 35.1 Å². The van der Waals surface area contributed by atoms with E-state index in [0.717, 1.165) is 55.8 Å². The maximum atomic E-state index is 4.85. The maximum absolute atomic E-state index is 4.85. The van der Waals surface area contributed by atoms with Crippen LogP contribution >= 0.6 is 0 Å². The van der Waals surface area contributed by atoms with Crippen molar-refractivity contribution in [2.24, 2.45) is 0 Å². The van der Waals surface area contributed by atoms with Crippen LogP contribution in [0.25, 0.3) is 55.8 Å². The third-order valence-corrected chi connectivity index (χ3v) is 5.12. The van der Waals surface area contributed by atoms with Gasteiger partial charge >= 0.3 is 0 Å². The number of nitrogens with zero attached hydrogens (tertiary/aromatic N) is 5. The van der Waals surface area contributed by atoms with Crippen LogP contribution in [-0.2, 0) is 0 Å². The maximum Gasteiger partial charge on any atom is 0.135 e. The zero-order valence-electron chi connectivity index (χ0n) is 15.7. The van der Waals surface area contributed by atoms with Crippen LogP contribution in [0.1, 0.15) is 0 Å². The highest BCUT2D eigenvalue weighted by Crippen LogP contribution is 2.32. The summed E-state index contributed by atoms with van der Waals surface area (Å²) in [7, 11) is 0. The van der Waals surface area contributed by atoms with Crippen molar-refractivity contribution in [1.29, 1.82) is 0 Å². The van der Waals surface area contributed by atoms with Gasteiger partial charge in [0.25, 0.3) is 0 Å². The van der Waals surface area contributed by atoms with Gasteiger partial charge in [-0.25, -0.2) is 4.98 Å². The molecular formula is C23H15N7. The molecule has 6 aromatic heterocycles. The van der Waals surface area contributed by atoms with Crippen LogP contribution in [0.4, 0.5) is 0 Å². The Balaban J connectivity index is 1.52. The number of hydrogen-bond acceptors (Lipinski definition) is 5. The molecular weight excluding hydrogens is 374 g/mol. The van der Waals surface area contributed by atoms with Gasteiger partial charge in [-0.05, 0) is 48.5 Å². The summed E-state index contributed by atoms with van der Waals surface area (Å²) in [6.07, 6.45) is 8.91. The van der Waals surface area contributed by atoms with Gasteiger partial charge in [0, 0.05) is 53.0 Å². The molecule has 6 heterocycles. The third-order valence-electron chi connectivity index (χ3n) is 5.12.